The van der Waals surface area contributed by atoms with E-state index in [9.17, 15) is 4.39 Å². The van der Waals surface area contributed by atoms with E-state index in [-0.39, 0.29) is 31.6 Å². The van der Waals surface area contributed by atoms with Crippen molar-refractivity contribution in [3.05, 3.63) is 139 Å². The molecule has 1 radical (unpaired) electrons. The molecule has 1 saturated carbocycles. The molecule has 0 aliphatic heterocycles. The van der Waals surface area contributed by atoms with Crippen LogP contribution in [0.1, 0.15) is 21.1 Å². The zero-order valence-corrected chi connectivity index (χ0v) is 32.8. The predicted octanol–water partition coefficient (Wildman–Crippen LogP) is 11.4. The summed E-state index contributed by atoms with van der Waals surface area (Å²) in [5.41, 5.74) is 3.53. The first kappa shape index (κ1) is 31.3. The molecule has 3 aromatic heterocycles. The number of pyridine rings is 2. The van der Waals surface area contributed by atoms with Crippen LogP contribution in [-0.2, 0) is 26.5 Å². The van der Waals surface area contributed by atoms with Gasteiger partial charge in [0.2, 0.25) is 0 Å². The maximum atomic E-state index is 14.7. The molecule has 0 atom stereocenters. The number of benzene rings is 5. The van der Waals surface area contributed by atoms with Crippen molar-refractivity contribution in [3.63, 3.8) is 0 Å². The molecular formula is C43H35FGeIrN2S-2. The summed E-state index contributed by atoms with van der Waals surface area (Å²) in [6, 6.07) is 41.5. The predicted molar refractivity (Wildman–Crippen MR) is 204 cm³/mol. The SMILES string of the molecule is [2H]C([2H])(c1cc(-c2[c-]ccc3c2sc2c3ccc3ccc4ccccc4c32)ncc1F)C1CC1.[CH3][Ge]([CH3])([CH3])[c]1ccc(-c2[c-]cccc2)nc1.[Ir]. The van der Waals surface area contributed by atoms with Gasteiger partial charge in [0.15, 0.2) is 0 Å². The molecule has 0 spiro atoms. The zero-order chi connectivity index (χ0) is 34.6. The average Bonchev–Trinajstić information content (AvgIpc) is 3.93. The minimum atomic E-state index is -1.72. The van der Waals surface area contributed by atoms with Crippen LogP contribution in [0, 0.1) is 23.9 Å². The van der Waals surface area contributed by atoms with Crippen LogP contribution in [0.25, 0.3) is 64.2 Å². The van der Waals surface area contributed by atoms with Crippen molar-refractivity contribution in [3.8, 4) is 22.5 Å². The Kier molecular flexibility index (Phi) is 8.85. The van der Waals surface area contributed by atoms with E-state index < -0.39 is 25.5 Å². The summed E-state index contributed by atoms with van der Waals surface area (Å²) >= 11 is -0.0110. The Morgan fingerprint density at radius 3 is 2.29 bits per heavy atom. The normalized spacial score (nSPS) is 13.9. The molecule has 2 nitrogen and oxygen atoms in total. The summed E-state index contributed by atoms with van der Waals surface area (Å²) in [5, 5.41) is 7.15. The molecule has 1 aliphatic carbocycles. The Balaban J connectivity index is 0.000000202. The Hall–Kier alpha value is -3.74. The number of fused-ring (bicyclic) bond motifs is 7. The largest absolute Gasteiger partial charge is 0 e. The van der Waals surface area contributed by atoms with Crippen LogP contribution in [0.15, 0.2) is 116 Å². The van der Waals surface area contributed by atoms with Crippen LogP contribution in [0.4, 0.5) is 4.39 Å². The van der Waals surface area contributed by atoms with E-state index in [0.717, 1.165) is 45.9 Å². The molecule has 8 aromatic rings. The Bertz CT molecular complexity index is 2530. The molecule has 1 aliphatic rings. The number of nitrogens with zero attached hydrogens (tertiary/aromatic N) is 2. The van der Waals surface area contributed by atoms with Gasteiger partial charge < -0.3 is 4.98 Å². The Labute approximate surface area is 310 Å². The molecule has 0 N–H and O–H groups in total. The minimum Gasteiger partial charge on any atom is 0 e. The summed E-state index contributed by atoms with van der Waals surface area (Å²) in [7, 11) is 0. The summed E-state index contributed by atoms with van der Waals surface area (Å²) in [4.78, 5) is 8.90. The monoisotopic (exact) mass is 899 g/mol. The van der Waals surface area contributed by atoms with Crippen molar-refractivity contribution >= 4 is 70.7 Å². The van der Waals surface area contributed by atoms with Crippen molar-refractivity contribution < 1.29 is 27.2 Å². The van der Waals surface area contributed by atoms with E-state index in [1.807, 2.05) is 36.5 Å². The van der Waals surface area contributed by atoms with Gasteiger partial charge in [-0.15, -0.1) is 23.8 Å². The first-order chi connectivity index (χ1) is 24.1. The second kappa shape index (κ2) is 13.9. The van der Waals surface area contributed by atoms with Crippen LogP contribution >= 0.6 is 11.3 Å². The third-order valence-electron chi connectivity index (χ3n) is 8.97. The van der Waals surface area contributed by atoms with E-state index in [2.05, 4.69) is 106 Å². The smallest absolute Gasteiger partial charge is 0 e. The minimum absolute atomic E-state index is 0. The second-order valence-corrected chi connectivity index (χ2v) is 25.1. The zero-order valence-electron chi connectivity index (χ0n) is 29.5. The summed E-state index contributed by atoms with van der Waals surface area (Å²) in [6.07, 6.45) is 3.10. The number of halogens is 1. The second-order valence-electron chi connectivity index (χ2n) is 13.5. The van der Waals surface area contributed by atoms with E-state index >= 15 is 0 Å². The molecule has 1 fully saturated rings. The summed E-state index contributed by atoms with van der Waals surface area (Å²) in [5.74, 6) is 6.43. The molecule has 9 rings (SSSR count). The van der Waals surface area contributed by atoms with Gasteiger partial charge in [-0.1, -0.05) is 60.0 Å². The topological polar surface area (TPSA) is 25.8 Å². The summed E-state index contributed by atoms with van der Waals surface area (Å²) in [6.45, 7) is 0. The number of hydrogen-bond donors (Lipinski definition) is 0. The van der Waals surface area contributed by atoms with Crippen molar-refractivity contribution in [1.29, 1.82) is 0 Å². The molecule has 0 bridgehead atoms. The first-order valence-electron chi connectivity index (χ1n) is 17.4. The summed E-state index contributed by atoms with van der Waals surface area (Å²) < 4.78 is 35.3. The van der Waals surface area contributed by atoms with Gasteiger partial charge in [-0.2, -0.15) is 11.3 Å². The van der Waals surface area contributed by atoms with Crippen LogP contribution < -0.4 is 4.40 Å². The standard InChI is InChI=1S/C29H19FNS.C14H16GeN.Ir/c30-25-16-31-26(15-20(25)14-17-8-9-17)24-7-3-6-22-23-13-12-19-11-10-18-4-1-2-5-21(18)27(19)29(23)32-28(22)24;1-15(2,3)13-9-10-14(16-11-13)12-7-5-4-6-8-12;/h1-6,10-13,15-17H,8-9,14H2;4-7,9-11H,1-3H3;/q2*-1;/i14D2;;. The average molecular weight is 898 g/mol. The van der Waals surface area contributed by atoms with Gasteiger partial charge in [0, 0.05) is 32.9 Å². The molecule has 0 amide bonds. The van der Waals surface area contributed by atoms with Crippen molar-refractivity contribution in [2.45, 2.75) is 36.5 Å². The van der Waals surface area contributed by atoms with Crippen LogP contribution in [-0.4, -0.2) is 23.2 Å². The number of aromatic nitrogens is 2. The van der Waals surface area contributed by atoms with Gasteiger partial charge in [-0.05, 0) is 62.6 Å². The molecule has 0 unspecified atom stereocenters. The van der Waals surface area contributed by atoms with Crippen molar-refractivity contribution in [1.82, 2.24) is 9.97 Å². The maximum absolute atomic E-state index is 14.7. The van der Waals surface area contributed by atoms with Gasteiger partial charge in [-0.3, -0.25) is 0 Å². The molecule has 5 aromatic carbocycles. The van der Waals surface area contributed by atoms with E-state index in [4.69, 9.17) is 2.74 Å². The van der Waals surface area contributed by atoms with Gasteiger partial charge in [0.1, 0.15) is 5.82 Å². The first-order valence-corrected chi connectivity index (χ1v) is 24.5. The quantitative estimate of drug-likeness (QED) is 0.0977. The number of rotatable bonds is 5. The van der Waals surface area contributed by atoms with Crippen LogP contribution in [0.2, 0.25) is 17.3 Å². The molecule has 3 heterocycles. The van der Waals surface area contributed by atoms with Crippen LogP contribution in [0.3, 0.4) is 0 Å². The van der Waals surface area contributed by atoms with Gasteiger partial charge in [0.05, 0.1) is 6.20 Å². The van der Waals surface area contributed by atoms with E-state index in [1.54, 1.807) is 17.4 Å². The third-order valence-corrected chi connectivity index (χ3v) is 14.5. The number of thiophene rings is 1. The van der Waals surface area contributed by atoms with Crippen molar-refractivity contribution in [2.24, 2.45) is 5.92 Å². The fourth-order valence-electron chi connectivity index (χ4n) is 6.16. The maximum Gasteiger partial charge on any atom is 0 e. The molecule has 245 valence electrons. The van der Waals surface area contributed by atoms with Gasteiger partial charge in [-0.25, -0.2) is 4.39 Å². The molecule has 0 saturated heterocycles. The van der Waals surface area contributed by atoms with Crippen molar-refractivity contribution in [2.75, 3.05) is 0 Å². The fraction of sp³-hybridized carbons (Fsp3) is 0.163. The van der Waals surface area contributed by atoms with Crippen LogP contribution in [0.5, 0.6) is 0 Å². The number of hydrogen-bond acceptors (Lipinski definition) is 3. The van der Waals surface area contributed by atoms with Gasteiger partial charge >= 0.3 is 99.8 Å². The van der Waals surface area contributed by atoms with E-state index in [0.29, 0.717) is 5.69 Å². The molecule has 6 heteroatoms. The molecule has 49 heavy (non-hydrogen) atoms. The van der Waals surface area contributed by atoms with Gasteiger partial charge in [0.25, 0.3) is 0 Å². The Morgan fingerprint density at radius 1 is 0.776 bits per heavy atom. The van der Waals surface area contributed by atoms with E-state index in [1.165, 1.54) is 36.0 Å². The fourth-order valence-corrected chi connectivity index (χ4v) is 9.71. The third kappa shape index (κ3) is 6.87. The molecular weight excluding hydrogens is 860 g/mol. The Morgan fingerprint density at radius 2 is 1.53 bits per heavy atom.